The van der Waals surface area contributed by atoms with E-state index in [4.69, 9.17) is 0 Å². The monoisotopic (exact) mass is 299 g/mol. The standard InChI is InChI=1S/C10H15N.C9H14N2/c1-7(2)10-8(3)5-6-11-9(10)4;1-6(2)9-7(3)10-5-11-8(9)4/h5-7H,1-4H3;5-6H,1-4H3. The van der Waals surface area contributed by atoms with Crippen molar-refractivity contribution in [2.75, 3.05) is 0 Å². The van der Waals surface area contributed by atoms with Crippen LogP contribution in [0, 0.1) is 27.7 Å². The van der Waals surface area contributed by atoms with E-state index in [1.165, 1.54) is 22.4 Å². The third-order valence-electron chi connectivity index (χ3n) is 3.84. The Morgan fingerprint density at radius 2 is 1.14 bits per heavy atom. The minimum atomic E-state index is 0.524. The van der Waals surface area contributed by atoms with Gasteiger partial charge in [-0.15, -0.1) is 0 Å². The van der Waals surface area contributed by atoms with Gasteiger partial charge in [0.1, 0.15) is 6.33 Å². The van der Waals surface area contributed by atoms with Crippen LogP contribution in [0.3, 0.4) is 0 Å². The largest absolute Gasteiger partial charge is 0.261 e. The first kappa shape index (κ1) is 18.3. The first-order valence-corrected chi connectivity index (χ1v) is 7.95. The van der Waals surface area contributed by atoms with Crippen LogP contribution in [-0.2, 0) is 0 Å². The summed E-state index contributed by atoms with van der Waals surface area (Å²) in [7, 11) is 0. The van der Waals surface area contributed by atoms with Crippen LogP contribution in [0.15, 0.2) is 18.6 Å². The Bertz CT molecular complexity index is 520. The third-order valence-corrected chi connectivity index (χ3v) is 3.84. The highest BCUT2D eigenvalue weighted by Gasteiger charge is 2.07. The number of nitrogens with zero attached hydrogens (tertiary/aromatic N) is 3. The molecular formula is C19H29N3. The number of hydrogen-bond donors (Lipinski definition) is 0. The number of rotatable bonds is 2. The van der Waals surface area contributed by atoms with Crippen LogP contribution in [-0.4, -0.2) is 15.0 Å². The molecule has 22 heavy (non-hydrogen) atoms. The zero-order valence-electron chi connectivity index (χ0n) is 15.2. The molecule has 0 amide bonds. The van der Waals surface area contributed by atoms with E-state index in [1.54, 1.807) is 6.33 Å². The molecule has 0 saturated carbocycles. The predicted octanol–water partition coefficient (Wildman–Crippen LogP) is 5.04. The van der Waals surface area contributed by atoms with E-state index in [0.29, 0.717) is 11.8 Å². The molecule has 0 aliphatic carbocycles. The lowest BCUT2D eigenvalue weighted by Gasteiger charge is -2.11. The Morgan fingerprint density at radius 1 is 0.682 bits per heavy atom. The van der Waals surface area contributed by atoms with Crippen molar-refractivity contribution in [1.82, 2.24) is 15.0 Å². The van der Waals surface area contributed by atoms with Crippen molar-refractivity contribution in [3.05, 3.63) is 52.4 Å². The van der Waals surface area contributed by atoms with Gasteiger partial charge >= 0.3 is 0 Å². The summed E-state index contributed by atoms with van der Waals surface area (Å²) in [6, 6.07) is 2.07. The zero-order valence-corrected chi connectivity index (χ0v) is 15.2. The summed E-state index contributed by atoms with van der Waals surface area (Å²) >= 11 is 0. The van der Waals surface area contributed by atoms with Gasteiger partial charge in [0.2, 0.25) is 0 Å². The summed E-state index contributed by atoms with van der Waals surface area (Å²) < 4.78 is 0. The van der Waals surface area contributed by atoms with Crippen LogP contribution < -0.4 is 0 Å². The maximum Gasteiger partial charge on any atom is 0.115 e. The van der Waals surface area contributed by atoms with Gasteiger partial charge in [-0.1, -0.05) is 27.7 Å². The van der Waals surface area contributed by atoms with Crippen molar-refractivity contribution in [2.24, 2.45) is 0 Å². The average Bonchev–Trinajstić information content (AvgIpc) is 2.38. The summed E-state index contributed by atoms with van der Waals surface area (Å²) in [4.78, 5) is 12.6. The molecule has 2 rings (SSSR count). The van der Waals surface area contributed by atoms with Crippen LogP contribution in [0.4, 0.5) is 0 Å². The van der Waals surface area contributed by atoms with Gasteiger partial charge in [0.25, 0.3) is 0 Å². The van der Waals surface area contributed by atoms with Crippen molar-refractivity contribution in [1.29, 1.82) is 0 Å². The summed E-state index contributed by atoms with van der Waals surface area (Å²) in [6.07, 6.45) is 3.49. The second kappa shape index (κ2) is 8.02. The summed E-state index contributed by atoms with van der Waals surface area (Å²) in [5.74, 6) is 1.11. The lowest BCUT2D eigenvalue weighted by molar-refractivity contribution is 0.811. The molecule has 3 heteroatoms. The number of aromatic nitrogens is 3. The molecule has 0 bridgehead atoms. The zero-order chi connectivity index (χ0) is 16.9. The van der Waals surface area contributed by atoms with Gasteiger partial charge in [0, 0.05) is 23.3 Å². The van der Waals surface area contributed by atoms with Gasteiger partial charge in [0.15, 0.2) is 0 Å². The molecule has 2 heterocycles. The fourth-order valence-corrected chi connectivity index (χ4v) is 3.02. The van der Waals surface area contributed by atoms with Crippen LogP contribution in [0.5, 0.6) is 0 Å². The minimum Gasteiger partial charge on any atom is -0.261 e. The predicted molar refractivity (Wildman–Crippen MR) is 93.4 cm³/mol. The molecule has 0 aliphatic heterocycles. The highest BCUT2D eigenvalue weighted by atomic mass is 14.8. The molecule has 0 unspecified atom stereocenters. The fourth-order valence-electron chi connectivity index (χ4n) is 3.02. The smallest absolute Gasteiger partial charge is 0.115 e. The molecule has 0 aromatic carbocycles. The lowest BCUT2D eigenvalue weighted by Crippen LogP contribution is -2.00. The maximum atomic E-state index is 4.26. The Hall–Kier alpha value is -1.77. The SMILES string of the molecule is Cc1ccnc(C)c1C(C)C.Cc1ncnc(C)c1C(C)C. The summed E-state index contributed by atoms with van der Waals surface area (Å²) in [6.45, 7) is 17.0. The second-order valence-corrected chi connectivity index (χ2v) is 6.39. The van der Waals surface area contributed by atoms with E-state index in [-0.39, 0.29) is 0 Å². The van der Waals surface area contributed by atoms with Gasteiger partial charge in [0.05, 0.1) is 0 Å². The van der Waals surface area contributed by atoms with Crippen molar-refractivity contribution >= 4 is 0 Å². The van der Waals surface area contributed by atoms with E-state index in [9.17, 15) is 0 Å². The molecular weight excluding hydrogens is 270 g/mol. The van der Waals surface area contributed by atoms with Gasteiger partial charge < -0.3 is 0 Å². The van der Waals surface area contributed by atoms with E-state index in [0.717, 1.165) is 11.4 Å². The highest BCUT2D eigenvalue weighted by Crippen LogP contribution is 2.20. The Kier molecular flexibility index (Phi) is 6.66. The second-order valence-electron chi connectivity index (χ2n) is 6.39. The lowest BCUT2D eigenvalue weighted by atomic mass is 9.97. The normalized spacial score (nSPS) is 10.6. The van der Waals surface area contributed by atoms with Crippen LogP contribution in [0.2, 0.25) is 0 Å². The van der Waals surface area contributed by atoms with Gasteiger partial charge in [-0.3, -0.25) is 4.98 Å². The molecule has 0 saturated heterocycles. The van der Waals surface area contributed by atoms with Crippen LogP contribution in [0.1, 0.15) is 73.3 Å². The van der Waals surface area contributed by atoms with Crippen molar-refractivity contribution in [3.63, 3.8) is 0 Å². The van der Waals surface area contributed by atoms with Gasteiger partial charge in [-0.2, -0.15) is 0 Å². The fraction of sp³-hybridized carbons (Fsp3) is 0.526. The molecule has 0 fully saturated rings. The van der Waals surface area contributed by atoms with Crippen molar-refractivity contribution in [3.8, 4) is 0 Å². The molecule has 0 aliphatic rings. The molecule has 120 valence electrons. The summed E-state index contributed by atoms with van der Waals surface area (Å²) in [5, 5.41) is 0. The van der Waals surface area contributed by atoms with Crippen molar-refractivity contribution in [2.45, 2.75) is 67.2 Å². The third kappa shape index (κ3) is 4.62. The minimum absolute atomic E-state index is 0.524. The molecule has 0 N–H and O–H groups in total. The highest BCUT2D eigenvalue weighted by molar-refractivity contribution is 5.30. The first-order valence-electron chi connectivity index (χ1n) is 7.95. The average molecular weight is 299 g/mol. The first-order chi connectivity index (χ1) is 10.3. The Labute approximate surface area is 135 Å². The number of pyridine rings is 1. The Morgan fingerprint density at radius 3 is 1.45 bits per heavy atom. The maximum absolute atomic E-state index is 4.26. The van der Waals surface area contributed by atoms with Crippen LogP contribution in [0.25, 0.3) is 0 Å². The van der Waals surface area contributed by atoms with Crippen molar-refractivity contribution < 1.29 is 0 Å². The topological polar surface area (TPSA) is 38.7 Å². The molecule has 0 radical (unpaired) electrons. The Balaban J connectivity index is 0.000000220. The molecule has 0 atom stereocenters. The van der Waals surface area contributed by atoms with Crippen LogP contribution >= 0.6 is 0 Å². The number of hydrogen-bond acceptors (Lipinski definition) is 3. The van der Waals surface area contributed by atoms with Gasteiger partial charge in [-0.05, 0) is 62.3 Å². The van der Waals surface area contributed by atoms with E-state index in [1.807, 2.05) is 20.0 Å². The van der Waals surface area contributed by atoms with E-state index < -0.39 is 0 Å². The van der Waals surface area contributed by atoms with Gasteiger partial charge in [-0.25, -0.2) is 9.97 Å². The summed E-state index contributed by atoms with van der Waals surface area (Å²) in [5.41, 5.74) is 7.41. The quantitative estimate of drug-likeness (QED) is 0.780. The molecule has 0 spiro atoms. The molecule has 2 aromatic heterocycles. The number of aryl methyl sites for hydroxylation is 4. The molecule has 2 aromatic rings. The molecule has 3 nitrogen and oxygen atoms in total. The van der Waals surface area contributed by atoms with E-state index >= 15 is 0 Å². The van der Waals surface area contributed by atoms with E-state index in [2.05, 4.69) is 62.6 Å².